The van der Waals surface area contributed by atoms with E-state index in [0.717, 1.165) is 6.42 Å². The number of halogens is 1. The van der Waals surface area contributed by atoms with Gasteiger partial charge in [-0.05, 0) is 54.8 Å². The molecule has 0 radical (unpaired) electrons. The number of nitrogens with zero attached hydrogens (tertiary/aromatic N) is 1. The first-order valence-electron chi connectivity index (χ1n) is 9.39. The fourth-order valence-corrected chi connectivity index (χ4v) is 3.62. The molecule has 0 saturated carbocycles. The topological polar surface area (TPSA) is 122 Å². The number of benzene rings is 1. The maximum Gasteiger partial charge on any atom is 0.427 e. The van der Waals surface area contributed by atoms with Gasteiger partial charge in [0, 0.05) is 22.0 Å². The van der Waals surface area contributed by atoms with Gasteiger partial charge in [-0.15, -0.1) is 0 Å². The van der Waals surface area contributed by atoms with Gasteiger partial charge in [0.05, 0.1) is 17.9 Å². The van der Waals surface area contributed by atoms with Gasteiger partial charge in [-0.2, -0.15) is 5.10 Å². The zero-order chi connectivity index (χ0) is 21.7. The summed E-state index contributed by atoms with van der Waals surface area (Å²) in [5.74, 6) is -0.353. The number of ether oxygens (including phenoxy) is 1. The molecule has 1 aromatic heterocycles. The van der Waals surface area contributed by atoms with E-state index in [2.05, 4.69) is 37.3 Å². The zero-order valence-corrected chi connectivity index (χ0v) is 18.1. The average Bonchev–Trinajstić information content (AvgIpc) is 3.08. The third kappa shape index (κ3) is 4.70. The fourth-order valence-electron chi connectivity index (χ4n) is 3.16. The first kappa shape index (κ1) is 21.6. The summed E-state index contributed by atoms with van der Waals surface area (Å²) in [7, 11) is 0. The molecule has 3 rings (SSSR count). The Balaban J connectivity index is 1.74. The van der Waals surface area contributed by atoms with Crippen molar-refractivity contribution in [2.24, 2.45) is 5.10 Å². The SMILES string of the molecule is CCOC(=O)N/N=C1\CCCc2oc(C(=O)NNC(=O)c3ccccc3Br)c(C)c21. The molecule has 1 aromatic carbocycles. The first-order valence-corrected chi connectivity index (χ1v) is 10.2. The van der Waals surface area contributed by atoms with Crippen molar-refractivity contribution in [2.45, 2.75) is 33.1 Å². The highest BCUT2D eigenvalue weighted by atomic mass is 79.9. The second-order valence-corrected chi connectivity index (χ2v) is 7.34. The molecule has 1 heterocycles. The van der Waals surface area contributed by atoms with Crippen molar-refractivity contribution in [3.8, 4) is 0 Å². The largest absolute Gasteiger partial charge is 0.455 e. The van der Waals surface area contributed by atoms with Crippen LogP contribution in [0.2, 0.25) is 0 Å². The number of hydrazone groups is 1. The molecule has 0 saturated heterocycles. The maximum absolute atomic E-state index is 12.6. The minimum Gasteiger partial charge on any atom is -0.455 e. The van der Waals surface area contributed by atoms with Crippen molar-refractivity contribution in [1.82, 2.24) is 16.3 Å². The molecule has 30 heavy (non-hydrogen) atoms. The van der Waals surface area contributed by atoms with Crippen LogP contribution in [-0.4, -0.2) is 30.2 Å². The van der Waals surface area contributed by atoms with E-state index in [4.69, 9.17) is 9.15 Å². The molecule has 3 amide bonds. The molecular weight excluding hydrogens is 456 g/mol. The Morgan fingerprint density at radius 2 is 1.90 bits per heavy atom. The molecule has 10 heteroatoms. The molecule has 3 N–H and O–H groups in total. The molecule has 1 aliphatic carbocycles. The number of fused-ring (bicyclic) bond motifs is 1. The third-order valence-electron chi connectivity index (χ3n) is 4.50. The minimum atomic E-state index is -0.647. The number of furan rings is 1. The summed E-state index contributed by atoms with van der Waals surface area (Å²) in [4.78, 5) is 36.4. The van der Waals surface area contributed by atoms with Gasteiger partial charge in [0.15, 0.2) is 5.76 Å². The number of amides is 3. The summed E-state index contributed by atoms with van der Waals surface area (Å²) in [5, 5.41) is 4.13. The van der Waals surface area contributed by atoms with E-state index in [-0.39, 0.29) is 12.4 Å². The monoisotopic (exact) mass is 476 g/mol. The molecule has 0 atom stereocenters. The van der Waals surface area contributed by atoms with Crippen LogP contribution >= 0.6 is 15.9 Å². The zero-order valence-electron chi connectivity index (χ0n) is 16.5. The van der Waals surface area contributed by atoms with E-state index in [1.165, 1.54) is 0 Å². The van der Waals surface area contributed by atoms with Crippen molar-refractivity contribution < 1.29 is 23.5 Å². The second kappa shape index (κ2) is 9.57. The van der Waals surface area contributed by atoms with E-state index >= 15 is 0 Å². The molecule has 0 spiro atoms. The summed E-state index contributed by atoms with van der Waals surface area (Å²) >= 11 is 3.30. The normalized spacial score (nSPS) is 14.0. The highest BCUT2D eigenvalue weighted by molar-refractivity contribution is 9.10. The Labute approximate surface area is 181 Å². The standard InChI is InChI=1S/C20H21BrN4O5/c1-3-29-20(28)25-22-14-9-6-10-15-16(14)11(2)17(30-15)19(27)24-23-18(26)12-7-4-5-8-13(12)21/h4-5,7-8H,3,6,9-10H2,1-2H3,(H,23,26)(H,24,27)(H,25,28)/b22-14+. The van der Waals surface area contributed by atoms with E-state index in [1.807, 2.05) is 0 Å². The molecule has 9 nitrogen and oxygen atoms in total. The molecule has 1 aliphatic rings. The van der Waals surface area contributed by atoms with Gasteiger partial charge in [0.25, 0.3) is 5.91 Å². The number of hydrazine groups is 1. The number of hydrogen-bond donors (Lipinski definition) is 3. The van der Waals surface area contributed by atoms with Crippen LogP contribution in [0.4, 0.5) is 4.79 Å². The van der Waals surface area contributed by atoms with Gasteiger partial charge in [-0.3, -0.25) is 20.4 Å². The van der Waals surface area contributed by atoms with Gasteiger partial charge in [0.1, 0.15) is 5.76 Å². The average molecular weight is 477 g/mol. The van der Waals surface area contributed by atoms with Crippen LogP contribution in [0.5, 0.6) is 0 Å². The maximum atomic E-state index is 12.6. The Morgan fingerprint density at radius 1 is 1.17 bits per heavy atom. The molecule has 2 aromatic rings. The van der Waals surface area contributed by atoms with Crippen LogP contribution < -0.4 is 16.3 Å². The number of nitrogens with one attached hydrogen (secondary N) is 3. The summed E-state index contributed by atoms with van der Waals surface area (Å²) in [6.07, 6.45) is 1.39. The summed E-state index contributed by atoms with van der Waals surface area (Å²) in [6, 6.07) is 6.86. The Bertz CT molecular complexity index is 1010. The number of carbonyl (C=O) groups excluding carboxylic acids is 3. The van der Waals surface area contributed by atoms with E-state index < -0.39 is 17.9 Å². The quantitative estimate of drug-likeness (QED) is 0.584. The fraction of sp³-hybridized carbons (Fsp3) is 0.300. The van der Waals surface area contributed by atoms with Crippen molar-refractivity contribution in [3.05, 3.63) is 56.9 Å². The second-order valence-electron chi connectivity index (χ2n) is 6.49. The lowest BCUT2D eigenvalue weighted by Crippen LogP contribution is -2.41. The van der Waals surface area contributed by atoms with Crippen molar-refractivity contribution in [3.63, 3.8) is 0 Å². The first-order chi connectivity index (χ1) is 14.4. The van der Waals surface area contributed by atoms with Gasteiger partial charge >= 0.3 is 12.0 Å². The van der Waals surface area contributed by atoms with Crippen molar-refractivity contribution >= 4 is 39.5 Å². The molecule has 0 aliphatic heterocycles. The minimum absolute atomic E-state index is 0.0816. The summed E-state index contributed by atoms with van der Waals surface area (Å²) < 4.78 is 11.2. The van der Waals surface area contributed by atoms with Gasteiger partial charge in [-0.25, -0.2) is 10.2 Å². The predicted molar refractivity (Wildman–Crippen MR) is 112 cm³/mol. The van der Waals surface area contributed by atoms with Crippen molar-refractivity contribution in [1.29, 1.82) is 0 Å². The van der Waals surface area contributed by atoms with Crippen LogP contribution in [0, 0.1) is 6.92 Å². The number of aryl methyl sites for hydroxylation is 1. The number of hydrogen-bond acceptors (Lipinski definition) is 6. The Kier molecular flexibility index (Phi) is 6.88. The molecular formula is C20H21BrN4O5. The highest BCUT2D eigenvalue weighted by Crippen LogP contribution is 2.29. The smallest absolute Gasteiger partial charge is 0.427 e. The van der Waals surface area contributed by atoms with Crippen LogP contribution in [0.1, 0.15) is 57.6 Å². The molecule has 0 bridgehead atoms. The van der Waals surface area contributed by atoms with Gasteiger partial charge in [-0.1, -0.05) is 12.1 Å². The van der Waals surface area contributed by atoms with Gasteiger partial charge < -0.3 is 9.15 Å². The van der Waals surface area contributed by atoms with Gasteiger partial charge in [0.2, 0.25) is 0 Å². The lowest BCUT2D eigenvalue weighted by atomic mass is 9.93. The molecule has 158 valence electrons. The highest BCUT2D eigenvalue weighted by Gasteiger charge is 2.28. The number of carbonyl (C=O) groups is 3. The lowest BCUT2D eigenvalue weighted by molar-refractivity contribution is 0.0829. The van der Waals surface area contributed by atoms with Crippen LogP contribution in [0.15, 0.2) is 38.3 Å². The van der Waals surface area contributed by atoms with Crippen molar-refractivity contribution in [2.75, 3.05) is 6.61 Å². The predicted octanol–water partition coefficient (Wildman–Crippen LogP) is 3.21. The van der Waals surface area contributed by atoms with E-state index in [9.17, 15) is 14.4 Å². The lowest BCUT2D eigenvalue weighted by Gasteiger charge is -2.13. The third-order valence-corrected chi connectivity index (χ3v) is 5.19. The van der Waals surface area contributed by atoms with Crippen LogP contribution in [-0.2, 0) is 11.2 Å². The van der Waals surface area contributed by atoms with E-state index in [0.29, 0.717) is 45.5 Å². The van der Waals surface area contributed by atoms with Crippen LogP contribution in [0.25, 0.3) is 0 Å². The number of rotatable bonds is 4. The molecule has 0 fully saturated rings. The Hall–Kier alpha value is -3.14. The summed E-state index contributed by atoms with van der Waals surface area (Å²) in [6.45, 7) is 3.67. The van der Waals surface area contributed by atoms with Crippen LogP contribution in [0.3, 0.4) is 0 Å². The van der Waals surface area contributed by atoms with E-state index in [1.54, 1.807) is 38.1 Å². The summed E-state index contributed by atoms with van der Waals surface area (Å²) in [5.41, 5.74) is 9.37. The Morgan fingerprint density at radius 3 is 2.63 bits per heavy atom. The molecule has 0 unspecified atom stereocenters.